The number of hydrogen-bond donors (Lipinski definition) is 2. The summed E-state index contributed by atoms with van der Waals surface area (Å²) < 4.78 is 0. The Hall–Kier alpha value is -2.06. The molecule has 1 aliphatic rings. The molecule has 2 N–H and O–H groups in total. The van der Waals surface area contributed by atoms with Gasteiger partial charge in [0.25, 0.3) is 0 Å². The normalized spacial score (nSPS) is 27.5. The molecule has 1 saturated heterocycles. The lowest BCUT2D eigenvalue weighted by atomic mass is 9.63. The van der Waals surface area contributed by atoms with E-state index in [1.807, 2.05) is 32.0 Å². The van der Waals surface area contributed by atoms with Crippen LogP contribution in [-0.4, -0.2) is 23.2 Å². The molecule has 3 rings (SSSR count). The van der Waals surface area contributed by atoms with Gasteiger partial charge in [0.1, 0.15) is 11.5 Å². The molecular weight excluding hydrogens is 383 g/mol. The number of carboxylic acids is 1. The van der Waals surface area contributed by atoms with Gasteiger partial charge in [-0.25, -0.2) is 0 Å². The second-order valence-corrected chi connectivity index (χ2v) is 8.10. The monoisotopic (exact) mass is 402 g/mol. The molecule has 1 fully saturated rings. The summed E-state index contributed by atoms with van der Waals surface area (Å²) in [6.07, 6.45) is 0. The van der Waals surface area contributed by atoms with Gasteiger partial charge in [0.2, 0.25) is 0 Å². The van der Waals surface area contributed by atoms with Crippen LogP contribution in [0.1, 0.15) is 30.9 Å². The molecular formula is C21H20Cl2N2O2. The molecule has 0 bridgehead atoms. The van der Waals surface area contributed by atoms with E-state index in [-0.39, 0.29) is 12.0 Å². The minimum absolute atomic E-state index is 0.0337. The van der Waals surface area contributed by atoms with E-state index in [2.05, 4.69) is 11.4 Å². The number of hydrogen-bond acceptors (Lipinski definition) is 3. The fourth-order valence-electron chi connectivity index (χ4n) is 4.25. The third-order valence-electron chi connectivity index (χ3n) is 5.32. The third-order valence-corrected chi connectivity index (χ3v) is 5.81. The first-order valence-electron chi connectivity index (χ1n) is 8.73. The molecule has 0 radical (unpaired) electrons. The van der Waals surface area contributed by atoms with Gasteiger partial charge in [0.15, 0.2) is 0 Å². The van der Waals surface area contributed by atoms with Crippen LogP contribution >= 0.6 is 23.2 Å². The maximum Gasteiger partial charge on any atom is 0.321 e. The van der Waals surface area contributed by atoms with Crippen molar-refractivity contribution in [3.8, 4) is 6.07 Å². The maximum atomic E-state index is 12.1. The highest BCUT2D eigenvalue weighted by molar-refractivity contribution is 6.30. The molecule has 6 heteroatoms. The lowest BCUT2D eigenvalue weighted by Crippen LogP contribution is -2.45. The zero-order chi connectivity index (χ0) is 19.8. The smallest absolute Gasteiger partial charge is 0.321 e. The molecule has 4 atom stereocenters. The van der Waals surface area contributed by atoms with Gasteiger partial charge < -0.3 is 5.11 Å². The Morgan fingerprint density at radius 2 is 1.85 bits per heavy atom. The quantitative estimate of drug-likeness (QED) is 0.782. The van der Waals surface area contributed by atoms with Gasteiger partial charge in [-0.1, -0.05) is 61.3 Å². The predicted octanol–water partition coefficient (Wildman–Crippen LogP) is 4.62. The van der Waals surface area contributed by atoms with Crippen LogP contribution in [0.25, 0.3) is 0 Å². The van der Waals surface area contributed by atoms with E-state index >= 15 is 0 Å². The van der Waals surface area contributed by atoms with Crippen molar-refractivity contribution in [2.24, 2.45) is 5.92 Å². The maximum absolute atomic E-state index is 12.1. The summed E-state index contributed by atoms with van der Waals surface area (Å²) in [5, 5.41) is 24.6. The Morgan fingerprint density at radius 3 is 2.37 bits per heavy atom. The van der Waals surface area contributed by atoms with E-state index in [0.29, 0.717) is 10.0 Å². The molecule has 27 heavy (non-hydrogen) atoms. The van der Waals surface area contributed by atoms with Crippen molar-refractivity contribution >= 4 is 29.2 Å². The number of halogens is 2. The molecule has 0 aliphatic carbocycles. The number of carboxylic acid groups (broad SMARTS) is 1. The number of carbonyl (C=O) groups is 1. The average Bonchev–Trinajstić information content (AvgIpc) is 2.99. The first-order valence-corrected chi connectivity index (χ1v) is 9.48. The summed E-state index contributed by atoms with van der Waals surface area (Å²) in [6, 6.07) is 15.4. The first-order chi connectivity index (χ1) is 12.8. The summed E-state index contributed by atoms with van der Waals surface area (Å²) in [6.45, 7) is 3.97. The Balaban J connectivity index is 2.30. The minimum atomic E-state index is -1.08. The number of aliphatic carboxylic acids is 1. The van der Waals surface area contributed by atoms with Crippen LogP contribution in [0.3, 0.4) is 0 Å². The fraction of sp³-hybridized carbons (Fsp3) is 0.333. The standard InChI is InChI=1S/C21H20Cl2N2O2/c1-12(2)19-21(11-24,14-6-8-15(22)9-7-14)17(18(25-19)20(26)27)13-4-3-5-16(23)10-13/h3-10,12,17-19,25H,1-2H3,(H,26,27)/t17-,18+,19-,21+/m0/s1. The van der Waals surface area contributed by atoms with Crippen LogP contribution < -0.4 is 5.32 Å². The van der Waals surface area contributed by atoms with Crippen molar-refractivity contribution < 1.29 is 9.90 Å². The molecule has 1 aliphatic heterocycles. The number of benzene rings is 2. The first kappa shape index (κ1) is 19.7. The summed E-state index contributed by atoms with van der Waals surface area (Å²) in [4.78, 5) is 12.1. The molecule has 2 aromatic rings. The molecule has 1 heterocycles. The van der Waals surface area contributed by atoms with Gasteiger partial charge in [0.05, 0.1) is 6.07 Å². The number of nitrogens with one attached hydrogen (secondary N) is 1. The zero-order valence-electron chi connectivity index (χ0n) is 15.0. The van der Waals surface area contributed by atoms with E-state index in [1.165, 1.54) is 0 Å². The van der Waals surface area contributed by atoms with Crippen LogP contribution in [0.4, 0.5) is 0 Å². The Labute approximate surface area is 168 Å². The summed E-state index contributed by atoms with van der Waals surface area (Å²) >= 11 is 12.2. The van der Waals surface area contributed by atoms with Crippen LogP contribution in [0.5, 0.6) is 0 Å². The van der Waals surface area contributed by atoms with Crippen LogP contribution in [-0.2, 0) is 10.2 Å². The Morgan fingerprint density at radius 1 is 1.19 bits per heavy atom. The van der Waals surface area contributed by atoms with Crippen molar-refractivity contribution in [2.45, 2.75) is 37.3 Å². The van der Waals surface area contributed by atoms with Crippen molar-refractivity contribution in [3.05, 3.63) is 69.7 Å². The molecule has 4 nitrogen and oxygen atoms in total. The van der Waals surface area contributed by atoms with Crippen LogP contribution in [0.2, 0.25) is 10.0 Å². The fourth-order valence-corrected chi connectivity index (χ4v) is 4.58. The molecule has 0 aromatic heterocycles. The number of nitrogens with zero attached hydrogens (tertiary/aromatic N) is 1. The SMILES string of the molecule is CC(C)[C@@H]1N[C@@H](C(=O)O)[C@H](c2cccc(Cl)c2)[C@@]1(C#N)c1ccc(Cl)cc1. The number of nitriles is 1. The summed E-state index contributed by atoms with van der Waals surface area (Å²) in [7, 11) is 0. The largest absolute Gasteiger partial charge is 0.480 e. The Kier molecular flexibility index (Phi) is 5.48. The molecule has 2 aromatic carbocycles. The second-order valence-electron chi connectivity index (χ2n) is 7.22. The average molecular weight is 403 g/mol. The van der Waals surface area contributed by atoms with Crippen molar-refractivity contribution in [1.29, 1.82) is 5.26 Å². The van der Waals surface area contributed by atoms with E-state index in [1.54, 1.807) is 30.3 Å². The van der Waals surface area contributed by atoms with Crippen LogP contribution in [0, 0.1) is 17.2 Å². The topological polar surface area (TPSA) is 73.1 Å². The molecule has 140 valence electrons. The zero-order valence-corrected chi connectivity index (χ0v) is 16.5. The highest BCUT2D eigenvalue weighted by Gasteiger charge is 2.60. The van der Waals surface area contributed by atoms with Crippen molar-refractivity contribution in [3.63, 3.8) is 0 Å². The van der Waals surface area contributed by atoms with Crippen molar-refractivity contribution in [1.82, 2.24) is 5.32 Å². The third kappa shape index (κ3) is 3.32. The highest BCUT2D eigenvalue weighted by atomic mass is 35.5. The van der Waals surface area contributed by atoms with E-state index < -0.39 is 23.3 Å². The van der Waals surface area contributed by atoms with Gasteiger partial charge in [-0.05, 0) is 41.3 Å². The predicted molar refractivity (Wildman–Crippen MR) is 106 cm³/mol. The summed E-state index contributed by atoms with van der Waals surface area (Å²) in [5.74, 6) is -1.56. The molecule has 0 amide bonds. The number of rotatable bonds is 4. The van der Waals surface area contributed by atoms with Crippen molar-refractivity contribution in [2.75, 3.05) is 0 Å². The molecule has 0 unspecified atom stereocenters. The molecule has 0 spiro atoms. The lowest BCUT2D eigenvalue weighted by Gasteiger charge is -2.36. The minimum Gasteiger partial charge on any atom is -0.480 e. The second kappa shape index (κ2) is 7.52. The van der Waals surface area contributed by atoms with Crippen LogP contribution in [0.15, 0.2) is 48.5 Å². The molecule has 0 saturated carbocycles. The highest BCUT2D eigenvalue weighted by Crippen LogP contribution is 2.50. The van der Waals surface area contributed by atoms with Gasteiger partial charge in [0, 0.05) is 22.0 Å². The van der Waals surface area contributed by atoms with E-state index in [9.17, 15) is 15.2 Å². The van der Waals surface area contributed by atoms with E-state index in [4.69, 9.17) is 23.2 Å². The van der Waals surface area contributed by atoms with Gasteiger partial charge in [-0.2, -0.15) is 5.26 Å². The van der Waals surface area contributed by atoms with Gasteiger partial charge >= 0.3 is 5.97 Å². The van der Waals surface area contributed by atoms with Gasteiger partial charge in [-0.15, -0.1) is 0 Å². The van der Waals surface area contributed by atoms with Gasteiger partial charge in [-0.3, -0.25) is 10.1 Å². The summed E-state index contributed by atoms with van der Waals surface area (Å²) in [5.41, 5.74) is 0.392. The Bertz CT molecular complexity index is 892. The van der Waals surface area contributed by atoms with E-state index in [0.717, 1.165) is 11.1 Å². The lowest BCUT2D eigenvalue weighted by molar-refractivity contribution is -0.139.